The van der Waals surface area contributed by atoms with E-state index >= 15 is 0 Å². The average molecular weight is 494 g/mol. The minimum Gasteiger partial charge on any atom is -0.367 e. The first kappa shape index (κ1) is 23.4. The Morgan fingerprint density at radius 2 is 1.89 bits per heavy atom. The van der Waals surface area contributed by atoms with Crippen LogP contribution in [0.3, 0.4) is 0 Å². The first-order valence-corrected chi connectivity index (χ1v) is 13.0. The highest BCUT2D eigenvalue weighted by Crippen LogP contribution is 2.38. The minimum atomic E-state index is 0.255. The molecule has 188 valence electrons. The summed E-state index contributed by atoms with van der Waals surface area (Å²) in [7, 11) is 0. The van der Waals surface area contributed by atoms with Crippen molar-refractivity contribution in [2.45, 2.75) is 25.3 Å². The highest BCUT2D eigenvalue weighted by molar-refractivity contribution is 6.03. The van der Waals surface area contributed by atoms with Gasteiger partial charge in [0.15, 0.2) is 5.65 Å². The Morgan fingerprint density at radius 1 is 1.03 bits per heavy atom. The number of fused-ring (bicyclic) bond motifs is 1. The molecule has 0 saturated carbocycles. The van der Waals surface area contributed by atoms with E-state index in [1.165, 1.54) is 0 Å². The Bertz CT molecular complexity index is 1390. The van der Waals surface area contributed by atoms with Gasteiger partial charge in [0.1, 0.15) is 0 Å². The predicted molar refractivity (Wildman–Crippen MR) is 147 cm³/mol. The van der Waals surface area contributed by atoms with E-state index in [0.29, 0.717) is 31.2 Å². The van der Waals surface area contributed by atoms with Crippen LogP contribution in [0.5, 0.6) is 0 Å². The number of carbonyl (C=O) groups excluding carboxylic acids is 1. The summed E-state index contributed by atoms with van der Waals surface area (Å²) >= 11 is 0. The van der Waals surface area contributed by atoms with Gasteiger partial charge in [0, 0.05) is 62.8 Å². The van der Waals surface area contributed by atoms with E-state index in [4.69, 9.17) is 4.98 Å². The fraction of sp³-hybridized carbons (Fsp3) is 0.310. The van der Waals surface area contributed by atoms with E-state index in [0.717, 1.165) is 65.9 Å². The number of H-pyrrole nitrogens is 1. The van der Waals surface area contributed by atoms with Crippen LogP contribution < -0.4 is 10.2 Å². The molecule has 8 heteroatoms. The number of nitrogens with zero attached hydrogens (tertiary/aromatic N) is 5. The number of carbonyl (C=O) groups is 1. The number of anilines is 1. The van der Waals surface area contributed by atoms with Crippen molar-refractivity contribution in [3.8, 4) is 11.1 Å². The standard InChI is InChI=1S/C29H31N7O/c37-26(18-23-9-5-13-31-23)35-14-16-36(17-15-35)28-24(22-7-2-1-3-8-22)20-32-29-27(28)25(33-34-29)11-10-21-6-4-12-30-19-21/h1-4,6-8,10-12,19-20,23,31H,5,9,13-18H2,(H,32,33,34)/t23-/m0/s1. The Balaban J connectivity index is 1.33. The number of amides is 1. The van der Waals surface area contributed by atoms with E-state index in [9.17, 15) is 4.79 Å². The van der Waals surface area contributed by atoms with E-state index in [2.05, 4.69) is 49.7 Å². The molecule has 1 aromatic carbocycles. The van der Waals surface area contributed by atoms with Crippen LogP contribution in [0.2, 0.25) is 0 Å². The molecule has 6 rings (SSSR count). The maximum Gasteiger partial charge on any atom is 0.224 e. The van der Waals surface area contributed by atoms with Gasteiger partial charge in [-0.3, -0.25) is 14.9 Å². The van der Waals surface area contributed by atoms with Gasteiger partial charge in [0.05, 0.1) is 16.8 Å². The molecule has 2 N–H and O–H groups in total. The lowest BCUT2D eigenvalue weighted by molar-refractivity contribution is -0.131. The van der Waals surface area contributed by atoms with Gasteiger partial charge in [-0.1, -0.05) is 42.5 Å². The number of nitrogens with one attached hydrogen (secondary N) is 2. The Morgan fingerprint density at radius 3 is 2.65 bits per heavy atom. The fourth-order valence-electron chi connectivity index (χ4n) is 5.38. The number of aromatic amines is 1. The van der Waals surface area contributed by atoms with Gasteiger partial charge in [-0.2, -0.15) is 5.10 Å². The Kier molecular flexibility index (Phi) is 6.64. The summed E-state index contributed by atoms with van der Waals surface area (Å²) in [5.41, 5.74) is 5.90. The van der Waals surface area contributed by atoms with Crippen molar-refractivity contribution in [3.63, 3.8) is 0 Å². The van der Waals surface area contributed by atoms with Crippen LogP contribution >= 0.6 is 0 Å². The maximum atomic E-state index is 13.0. The molecule has 2 aliphatic heterocycles. The molecule has 1 atom stereocenters. The Hall–Kier alpha value is -4.04. The minimum absolute atomic E-state index is 0.255. The van der Waals surface area contributed by atoms with Crippen molar-refractivity contribution in [1.29, 1.82) is 0 Å². The molecule has 0 radical (unpaired) electrons. The quantitative estimate of drug-likeness (QED) is 0.422. The summed E-state index contributed by atoms with van der Waals surface area (Å²) in [4.78, 5) is 26.3. The number of hydrogen-bond acceptors (Lipinski definition) is 6. The van der Waals surface area contributed by atoms with Crippen molar-refractivity contribution in [2.75, 3.05) is 37.6 Å². The van der Waals surface area contributed by atoms with Gasteiger partial charge in [-0.05, 0) is 42.7 Å². The van der Waals surface area contributed by atoms with E-state index in [-0.39, 0.29) is 5.91 Å². The third-order valence-electron chi connectivity index (χ3n) is 7.33. The third kappa shape index (κ3) is 4.97. The molecule has 0 bridgehead atoms. The molecule has 3 aromatic heterocycles. The zero-order valence-corrected chi connectivity index (χ0v) is 20.8. The SMILES string of the molecule is O=C(C[C@@H]1CCCN1)N1CCN(c2c(-c3ccccc3)cnc3n[nH]c(C=Cc4cccnc4)c23)CC1. The molecular formula is C29H31N7O. The number of aromatic nitrogens is 4. The second kappa shape index (κ2) is 10.5. The summed E-state index contributed by atoms with van der Waals surface area (Å²) < 4.78 is 0. The molecular weight excluding hydrogens is 462 g/mol. The molecule has 0 aliphatic carbocycles. The van der Waals surface area contributed by atoms with Gasteiger partial charge in [-0.15, -0.1) is 0 Å². The largest absolute Gasteiger partial charge is 0.367 e. The van der Waals surface area contributed by atoms with Gasteiger partial charge in [0.25, 0.3) is 0 Å². The van der Waals surface area contributed by atoms with Crippen LogP contribution in [0.25, 0.3) is 34.3 Å². The van der Waals surface area contributed by atoms with E-state index in [1.807, 2.05) is 47.6 Å². The van der Waals surface area contributed by atoms with Crippen LogP contribution in [-0.2, 0) is 4.79 Å². The summed E-state index contributed by atoms with van der Waals surface area (Å²) in [6.07, 6.45) is 12.5. The predicted octanol–water partition coefficient (Wildman–Crippen LogP) is 3.98. The average Bonchev–Trinajstić information content (AvgIpc) is 3.62. The first-order chi connectivity index (χ1) is 18.3. The van der Waals surface area contributed by atoms with E-state index < -0.39 is 0 Å². The molecule has 1 amide bonds. The fourth-order valence-corrected chi connectivity index (χ4v) is 5.38. The smallest absolute Gasteiger partial charge is 0.224 e. The molecule has 0 unspecified atom stereocenters. The lowest BCUT2D eigenvalue weighted by atomic mass is 10.0. The molecule has 8 nitrogen and oxygen atoms in total. The van der Waals surface area contributed by atoms with E-state index in [1.54, 1.807) is 6.20 Å². The molecule has 2 fully saturated rings. The monoisotopic (exact) mass is 493 g/mol. The van der Waals surface area contributed by atoms with Crippen LogP contribution in [0.1, 0.15) is 30.5 Å². The summed E-state index contributed by atoms with van der Waals surface area (Å²) in [6.45, 7) is 3.97. The third-order valence-corrected chi connectivity index (χ3v) is 7.33. The number of pyridine rings is 2. The number of hydrogen-bond donors (Lipinski definition) is 2. The number of piperazine rings is 1. The zero-order valence-electron chi connectivity index (χ0n) is 20.8. The first-order valence-electron chi connectivity index (χ1n) is 13.0. The van der Waals surface area contributed by atoms with Crippen molar-refractivity contribution in [1.82, 2.24) is 30.4 Å². The molecule has 37 heavy (non-hydrogen) atoms. The van der Waals surface area contributed by atoms with Crippen molar-refractivity contribution >= 4 is 34.8 Å². The van der Waals surface area contributed by atoms with Crippen molar-refractivity contribution in [2.24, 2.45) is 0 Å². The van der Waals surface area contributed by atoms with Crippen molar-refractivity contribution in [3.05, 3.63) is 72.3 Å². The van der Waals surface area contributed by atoms with Crippen LogP contribution in [0.4, 0.5) is 5.69 Å². The number of rotatable bonds is 6. The summed E-state index contributed by atoms with van der Waals surface area (Å²) in [6, 6.07) is 14.6. The lowest BCUT2D eigenvalue weighted by Crippen LogP contribution is -2.50. The second-order valence-corrected chi connectivity index (χ2v) is 9.71. The highest BCUT2D eigenvalue weighted by atomic mass is 16.2. The maximum absolute atomic E-state index is 13.0. The molecule has 4 aromatic rings. The van der Waals surface area contributed by atoms with Gasteiger partial charge < -0.3 is 15.1 Å². The van der Waals surface area contributed by atoms with Crippen LogP contribution in [0.15, 0.2) is 61.1 Å². The molecule has 0 spiro atoms. The highest BCUT2D eigenvalue weighted by Gasteiger charge is 2.28. The van der Waals surface area contributed by atoms with Crippen molar-refractivity contribution < 1.29 is 4.79 Å². The Labute approximate surface area is 216 Å². The summed E-state index contributed by atoms with van der Waals surface area (Å²) in [5, 5.41) is 12.2. The number of benzene rings is 1. The lowest BCUT2D eigenvalue weighted by Gasteiger charge is -2.37. The molecule has 2 aliphatic rings. The normalized spacial score (nSPS) is 18.2. The molecule has 5 heterocycles. The van der Waals surface area contributed by atoms with Gasteiger partial charge in [0.2, 0.25) is 5.91 Å². The summed E-state index contributed by atoms with van der Waals surface area (Å²) in [5.74, 6) is 0.255. The van der Waals surface area contributed by atoms with Crippen LogP contribution in [-0.4, -0.2) is 69.7 Å². The molecule has 2 saturated heterocycles. The van der Waals surface area contributed by atoms with Gasteiger partial charge >= 0.3 is 0 Å². The zero-order chi connectivity index (χ0) is 25.0. The topological polar surface area (TPSA) is 90.0 Å². The van der Waals surface area contributed by atoms with Crippen LogP contribution in [0, 0.1) is 0 Å². The second-order valence-electron chi connectivity index (χ2n) is 9.71. The van der Waals surface area contributed by atoms with Gasteiger partial charge in [-0.25, -0.2) is 4.98 Å².